The van der Waals surface area contributed by atoms with E-state index in [0.29, 0.717) is 37.7 Å². The predicted molar refractivity (Wildman–Crippen MR) is 144 cm³/mol. The molecule has 2 N–H and O–H groups in total. The first-order valence-electron chi connectivity index (χ1n) is 12.9. The Morgan fingerprint density at radius 1 is 1.10 bits per heavy atom. The van der Waals surface area contributed by atoms with Crippen molar-refractivity contribution >= 4 is 21.9 Å². The molecule has 11 nitrogen and oxygen atoms in total. The number of aliphatic hydroxyl groups excluding tert-OH is 1. The van der Waals surface area contributed by atoms with Gasteiger partial charge in [-0.25, -0.2) is 28.1 Å². The first-order chi connectivity index (χ1) is 18.6. The molecule has 1 aromatic carbocycles. The van der Waals surface area contributed by atoms with E-state index in [-0.39, 0.29) is 22.2 Å². The standard InChI is InChI=1S/C27H32N6O5S/c1-4-18-6-8-20(9-7-18)39(36,37)31-22-21-16-19(17-30-24(21)38-27(2,3)23(22)34)25(35)32-12-14-33(15-13-32)26-28-10-5-11-29-26/h5-11,16-17,22-23,31,34H,4,12-15H2,1-3H3/t22-,23+/m1/s1. The summed E-state index contributed by atoms with van der Waals surface area (Å²) in [7, 11) is -4.00. The average Bonchev–Trinajstić information content (AvgIpc) is 2.95. The van der Waals surface area contributed by atoms with Gasteiger partial charge in [0.05, 0.1) is 16.5 Å². The fourth-order valence-electron chi connectivity index (χ4n) is 4.79. The van der Waals surface area contributed by atoms with Crippen molar-refractivity contribution in [1.82, 2.24) is 24.6 Å². The van der Waals surface area contributed by atoms with Crippen LogP contribution < -0.4 is 14.4 Å². The van der Waals surface area contributed by atoms with Gasteiger partial charge in [0.15, 0.2) is 0 Å². The normalized spacial score (nSPS) is 20.7. The van der Waals surface area contributed by atoms with Gasteiger partial charge in [0.1, 0.15) is 11.7 Å². The zero-order valence-electron chi connectivity index (χ0n) is 22.1. The van der Waals surface area contributed by atoms with Crippen molar-refractivity contribution < 1.29 is 23.1 Å². The first-order valence-corrected chi connectivity index (χ1v) is 14.4. The van der Waals surface area contributed by atoms with Crippen LogP contribution in [0.2, 0.25) is 0 Å². The van der Waals surface area contributed by atoms with Crippen LogP contribution in [-0.2, 0) is 16.4 Å². The number of aryl methyl sites for hydroxylation is 1. The number of rotatable bonds is 6. The van der Waals surface area contributed by atoms with Crippen LogP contribution in [0, 0.1) is 0 Å². The summed E-state index contributed by atoms with van der Waals surface area (Å²) in [6, 6.07) is 8.83. The van der Waals surface area contributed by atoms with Gasteiger partial charge >= 0.3 is 0 Å². The number of benzene rings is 1. The highest BCUT2D eigenvalue weighted by atomic mass is 32.2. The molecular formula is C27H32N6O5S. The van der Waals surface area contributed by atoms with Crippen LogP contribution in [0.3, 0.4) is 0 Å². The number of piperazine rings is 1. The molecule has 206 valence electrons. The Morgan fingerprint density at radius 3 is 2.41 bits per heavy atom. The van der Waals surface area contributed by atoms with E-state index in [1.807, 2.05) is 11.8 Å². The molecule has 2 aromatic heterocycles. The van der Waals surface area contributed by atoms with Crippen LogP contribution >= 0.6 is 0 Å². The molecule has 1 amide bonds. The average molecular weight is 553 g/mol. The number of anilines is 1. The number of aromatic nitrogens is 3. The van der Waals surface area contributed by atoms with Gasteiger partial charge in [0, 0.05) is 50.3 Å². The van der Waals surface area contributed by atoms with E-state index in [1.165, 1.54) is 18.3 Å². The van der Waals surface area contributed by atoms with Gasteiger partial charge in [0.2, 0.25) is 21.9 Å². The van der Waals surface area contributed by atoms with E-state index in [9.17, 15) is 18.3 Å². The number of nitrogens with zero attached hydrogens (tertiary/aromatic N) is 5. The lowest BCUT2D eigenvalue weighted by Gasteiger charge is -2.41. The lowest BCUT2D eigenvalue weighted by Crippen LogP contribution is -2.53. The second-order valence-electron chi connectivity index (χ2n) is 10.2. The number of aliphatic hydroxyl groups is 1. The fourth-order valence-corrected chi connectivity index (χ4v) is 6.01. The van der Waals surface area contributed by atoms with E-state index in [2.05, 4.69) is 19.7 Å². The number of ether oxygens (including phenoxy) is 1. The number of pyridine rings is 1. The molecule has 12 heteroatoms. The molecule has 1 saturated heterocycles. The number of nitrogens with one attached hydrogen (secondary N) is 1. The number of carbonyl (C=O) groups excluding carboxylic acids is 1. The lowest BCUT2D eigenvalue weighted by molar-refractivity contribution is -0.0632. The van der Waals surface area contributed by atoms with Crippen molar-refractivity contribution in [2.45, 2.75) is 49.8 Å². The summed E-state index contributed by atoms with van der Waals surface area (Å²) in [5, 5.41) is 11.2. The van der Waals surface area contributed by atoms with Crippen LogP contribution in [0.25, 0.3) is 0 Å². The van der Waals surface area contributed by atoms with Crippen LogP contribution in [0.1, 0.15) is 48.3 Å². The maximum Gasteiger partial charge on any atom is 0.255 e. The zero-order chi connectivity index (χ0) is 27.8. The highest BCUT2D eigenvalue weighted by molar-refractivity contribution is 7.89. The van der Waals surface area contributed by atoms with E-state index in [4.69, 9.17) is 4.74 Å². The molecule has 2 aliphatic heterocycles. The SMILES string of the molecule is CCc1ccc(S(=O)(=O)N[C@@H]2c3cc(C(=O)N4CCN(c5ncccn5)CC4)cnc3OC(C)(C)[C@H]2O)cc1. The van der Waals surface area contributed by atoms with E-state index >= 15 is 0 Å². The number of amides is 1. The molecule has 0 saturated carbocycles. The third-order valence-electron chi connectivity index (χ3n) is 7.17. The minimum Gasteiger partial charge on any atom is -0.469 e. The summed E-state index contributed by atoms with van der Waals surface area (Å²) in [6.45, 7) is 7.38. The maximum absolute atomic E-state index is 13.4. The Balaban J connectivity index is 1.39. The Bertz CT molecular complexity index is 1440. The lowest BCUT2D eigenvalue weighted by atomic mass is 9.88. The monoisotopic (exact) mass is 552 g/mol. The van der Waals surface area contributed by atoms with E-state index in [0.717, 1.165) is 12.0 Å². The van der Waals surface area contributed by atoms with Gasteiger partial charge in [-0.05, 0) is 50.1 Å². The minimum atomic E-state index is -4.00. The maximum atomic E-state index is 13.4. The van der Waals surface area contributed by atoms with Gasteiger partial charge in [-0.15, -0.1) is 0 Å². The van der Waals surface area contributed by atoms with Gasteiger partial charge < -0.3 is 19.6 Å². The molecule has 1 fully saturated rings. The first kappa shape index (κ1) is 27.0. The number of fused-ring (bicyclic) bond motifs is 1. The molecule has 3 aromatic rings. The third kappa shape index (κ3) is 5.45. The second-order valence-corrected chi connectivity index (χ2v) is 11.9. The van der Waals surface area contributed by atoms with Crippen LogP contribution in [0.15, 0.2) is 59.9 Å². The minimum absolute atomic E-state index is 0.0817. The molecule has 0 unspecified atom stereocenters. The zero-order valence-corrected chi connectivity index (χ0v) is 22.9. The number of sulfonamides is 1. The van der Waals surface area contributed by atoms with E-state index < -0.39 is 27.8 Å². The van der Waals surface area contributed by atoms with Gasteiger partial charge in [-0.3, -0.25) is 4.79 Å². The van der Waals surface area contributed by atoms with Crippen molar-refractivity contribution in [3.05, 3.63) is 71.7 Å². The molecule has 39 heavy (non-hydrogen) atoms. The molecule has 0 radical (unpaired) electrons. The summed E-state index contributed by atoms with van der Waals surface area (Å²) in [5.74, 6) is 0.546. The Labute approximate surface area is 227 Å². The smallest absolute Gasteiger partial charge is 0.255 e. The summed E-state index contributed by atoms with van der Waals surface area (Å²) in [4.78, 5) is 30.1. The summed E-state index contributed by atoms with van der Waals surface area (Å²) in [5.41, 5.74) is 0.472. The van der Waals surface area contributed by atoms with Crippen molar-refractivity contribution in [3.63, 3.8) is 0 Å². The molecule has 5 rings (SSSR count). The van der Waals surface area contributed by atoms with Crippen molar-refractivity contribution in [1.29, 1.82) is 0 Å². The summed E-state index contributed by atoms with van der Waals surface area (Å²) in [6.07, 6.45) is 4.33. The Morgan fingerprint density at radius 2 is 1.77 bits per heavy atom. The van der Waals surface area contributed by atoms with Crippen LogP contribution in [0.4, 0.5) is 5.95 Å². The third-order valence-corrected chi connectivity index (χ3v) is 8.63. The summed E-state index contributed by atoms with van der Waals surface area (Å²) >= 11 is 0. The van der Waals surface area contributed by atoms with Crippen LogP contribution in [0.5, 0.6) is 5.88 Å². The summed E-state index contributed by atoms with van der Waals surface area (Å²) < 4.78 is 35.2. The Hall–Kier alpha value is -3.61. The molecule has 2 aliphatic rings. The van der Waals surface area contributed by atoms with Gasteiger partial charge in [0.25, 0.3) is 5.91 Å². The van der Waals surface area contributed by atoms with Crippen molar-refractivity contribution in [2.24, 2.45) is 0 Å². The number of carbonyl (C=O) groups is 1. The molecule has 0 spiro atoms. The quantitative estimate of drug-likeness (QED) is 0.470. The molecule has 0 aliphatic carbocycles. The van der Waals surface area contributed by atoms with Gasteiger partial charge in [-0.2, -0.15) is 0 Å². The predicted octanol–water partition coefficient (Wildman–Crippen LogP) is 1.95. The van der Waals surface area contributed by atoms with Crippen molar-refractivity contribution in [3.8, 4) is 5.88 Å². The largest absolute Gasteiger partial charge is 0.469 e. The number of hydrogen-bond donors (Lipinski definition) is 2. The van der Waals surface area contributed by atoms with E-state index in [1.54, 1.807) is 55.4 Å². The topological polar surface area (TPSA) is 138 Å². The molecule has 0 bridgehead atoms. The van der Waals surface area contributed by atoms with Gasteiger partial charge in [-0.1, -0.05) is 19.1 Å². The second kappa shape index (κ2) is 10.5. The molecule has 4 heterocycles. The Kier molecular flexibility index (Phi) is 7.27. The highest BCUT2D eigenvalue weighted by Crippen LogP contribution is 2.39. The molecular weight excluding hydrogens is 520 g/mol. The van der Waals surface area contributed by atoms with Crippen LogP contribution in [-0.4, -0.2) is 77.2 Å². The highest BCUT2D eigenvalue weighted by Gasteiger charge is 2.45. The van der Waals surface area contributed by atoms with Crippen molar-refractivity contribution in [2.75, 3.05) is 31.1 Å². The molecule has 2 atom stereocenters. The fraction of sp³-hybridized carbons (Fsp3) is 0.407. The number of hydrogen-bond acceptors (Lipinski definition) is 9.